The number of halogens is 2. The first-order valence-electron chi connectivity index (χ1n) is 8.31. The molecular weight excluding hydrogens is 432 g/mol. The number of carbonyl (C=O) groups excluding carboxylic acids is 1. The van der Waals surface area contributed by atoms with Gasteiger partial charge in [-0.1, -0.05) is 16.4 Å². The van der Waals surface area contributed by atoms with E-state index < -0.39 is 23.5 Å². The Kier molecular flexibility index (Phi) is 5.99. The van der Waals surface area contributed by atoms with Crippen molar-refractivity contribution in [2.24, 2.45) is 7.05 Å². The van der Waals surface area contributed by atoms with Crippen LogP contribution in [-0.4, -0.2) is 21.9 Å². The fourth-order valence-electron chi connectivity index (χ4n) is 2.62. The van der Waals surface area contributed by atoms with Crippen LogP contribution >= 0.6 is 11.8 Å². The highest BCUT2D eigenvalue weighted by Gasteiger charge is 2.29. The highest BCUT2D eigenvalue weighted by molar-refractivity contribution is 8.00. The zero-order chi connectivity index (χ0) is 22.7. The summed E-state index contributed by atoms with van der Waals surface area (Å²) in [5.41, 5.74) is 5.17. The quantitative estimate of drug-likeness (QED) is 0.431. The Morgan fingerprint density at radius 3 is 2.61 bits per heavy atom. The first-order valence-corrected chi connectivity index (χ1v) is 9.30. The van der Waals surface area contributed by atoms with E-state index >= 15 is 0 Å². The second kappa shape index (κ2) is 8.64. The van der Waals surface area contributed by atoms with Crippen molar-refractivity contribution in [1.82, 2.24) is 10.3 Å². The number of hydrogen-bond donors (Lipinski definition) is 2. The molecule has 0 fully saturated rings. The number of aromatic nitrogens is 3. The van der Waals surface area contributed by atoms with Gasteiger partial charge in [-0.3, -0.25) is 4.79 Å². The second-order valence-electron chi connectivity index (χ2n) is 5.95. The van der Waals surface area contributed by atoms with Crippen molar-refractivity contribution in [3.05, 3.63) is 41.0 Å². The van der Waals surface area contributed by atoms with Crippen LogP contribution in [0.3, 0.4) is 0 Å². The monoisotopic (exact) mass is 443 g/mol. The standard InChI is InChI=1S/C18H11F2N7O3S/c1-27-15(18(29)30-26-27)14-9(5-21)16(23)25-17(10(14)6-22)31-7-13(28)24-8-2-3-11(19)12(20)4-8/h2-4H,7H2,1H3,(H3-,23,24,25,26,28,29). The largest absolute Gasteiger partial charge is 0.539 e. The molecule has 0 unspecified atom stereocenters. The fourth-order valence-corrected chi connectivity index (χ4v) is 3.42. The molecule has 0 saturated heterocycles. The highest BCUT2D eigenvalue weighted by atomic mass is 32.2. The molecule has 10 nitrogen and oxygen atoms in total. The van der Waals surface area contributed by atoms with Crippen molar-refractivity contribution in [3.63, 3.8) is 0 Å². The maximum absolute atomic E-state index is 13.3. The predicted octanol–water partition coefficient (Wildman–Crippen LogP) is 0.969. The molecule has 13 heteroatoms. The molecule has 1 amide bonds. The van der Waals surface area contributed by atoms with E-state index in [1.54, 1.807) is 6.07 Å². The van der Waals surface area contributed by atoms with Crippen LogP contribution in [0.5, 0.6) is 5.95 Å². The minimum absolute atomic E-state index is 0.0185. The van der Waals surface area contributed by atoms with E-state index in [9.17, 15) is 29.2 Å². The van der Waals surface area contributed by atoms with Crippen LogP contribution in [0.25, 0.3) is 11.3 Å². The van der Waals surface area contributed by atoms with Gasteiger partial charge in [0.15, 0.2) is 24.6 Å². The summed E-state index contributed by atoms with van der Waals surface area (Å²) >= 11 is 0.798. The summed E-state index contributed by atoms with van der Waals surface area (Å²) in [5.74, 6) is -4.24. The highest BCUT2D eigenvalue weighted by Crippen LogP contribution is 2.36. The zero-order valence-corrected chi connectivity index (χ0v) is 16.5. The number of nitrogen functional groups attached to an aromatic ring is 1. The normalized spacial score (nSPS) is 10.4. The molecule has 0 saturated carbocycles. The van der Waals surface area contributed by atoms with Gasteiger partial charge < -0.3 is 20.7 Å². The van der Waals surface area contributed by atoms with E-state index in [1.807, 2.05) is 6.07 Å². The lowest BCUT2D eigenvalue weighted by Crippen LogP contribution is -2.32. The Labute approximate surface area is 177 Å². The smallest absolute Gasteiger partial charge is 0.266 e. The number of nitrogens with two attached hydrogens (primary N) is 1. The zero-order valence-electron chi connectivity index (χ0n) is 15.6. The van der Waals surface area contributed by atoms with Crippen molar-refractivity contribution in [2.45, 2.75) is 5.03 Å². The molecular formula is C18H11F2N7O3S. The minimum Gasteiger partial charge on any atom is -0.539 e. The van der Waals surface area contributed by atoms with Gasteiger partial charge in [0, 0.05) is 11.8 Å². The molecule has 0 radical (unpaired) electrons. The number of nitrogens with one attached hydrogen (secondary N) is 1. The first-order chi connectivity index (χ1) is 14.8. The summed E-state index contributed by atoms with van der Waals surface area (Å²) in [6.07, 6.45) is 0. The van der Waals surface area contributed by atoms with Crippen LogP contribution < -0.4 is 20.8 Å². The lowest BCUT2D eigenvalue weighted by atomic mass is 10.0. The van der Waals surface area contributed by atoms with E-state index in [0.717, 1.165) is 28.6 Å². The third-order valence-corrected chi connectivity index (χ3v) is 4.93. The van der Waals surface area contributed by atoms with Crippen LogP contribution in [-0.2, 0) is 11.8 Å². The molecule has 156 valence electrons. The third-order valence-electron chi connectivity index (χ3n) is 3.96. The average molecular weight is 443 g/mol. The van der Waals surface area contributed by atoms with Gasteiger partial charge in [0.2, 0.25) is 5.91 Å². The summed E-state index contributed by atoms with van der Waals surface area (Å²) in [6.45, 7) is 0. The summed E-state index contributed by atoms with van der Waals surface area (Å²) in [6, 6.07) is 6.52. The lowest BCUT2D eigenvalue weighted by Gasteiger charge is -2.11. The van der Waals surface area contributed by atoms with Gasteiger partial charge in [0.05, 0.1) is 22.2 Å². The molecule has 0 aliphatic rings. The SMILES string of the molecule is C[n+]1noc([O-])c1-c1c(C#N)c(N)nc(SCC(=O)Nc2ccc(F)c(F)c2)c1C#N. The Balaban J connectivity index is 1.93. The molecule has 2 heterocycles. The van der Waals surface area contributed by atoms with Gasteiger partial charge in [-0.2, -0.15) is 10.5 Å². The number of rotatable bonds is 5. The number of nitrogens with zero attached hydrogens (tertiary/aromatic N) is 5. The molecule has 3 rings (SSSR count). The second-order valence-corrected chi connectivity index (χ2v) is 6.91. The minimum atomic E-state index is -1.13. The molecule has 0 spiro atoms. The molecule has 3 aromatic rings. The third kappa shape index (κ3) is 4.22. The van der Waals surface area contributed by atoms with Crippen molar-refractivity contribution in [1.29, 1.82) is 10.5 Å². The van der Waals surface area contributed by atoms with Crippen LogP contribution in [0.1, 0.15) is 11.1 Å². The molecule has 2 aromatic heterocycles. The van der Waals surface area contributed by atoms with Gasteiger partial charge in [-0.25, -0.2) is 13.8 Å². The maximum atomic E-state index is 13.3. The summed E-state index contributed by atoms with van der Waals surface area (Å²) in [4.78, 5) is 16.2. The van der Waals surface area contributed by atoms with Crippen molar-refractivity contribution in [2.75, 3.05) is 16.8 Å². The fraction of sp³-hybridized carbons (Fsp3) is 0.111. The maximum Gasteiger partial charge on any atom is 0.266 e. The lowest BCUT2D eigenvalue weighted by molar-refractivity contribution is -0.730. The molecule has 3 N–H and O–H groups in total. The number of nitriles is 2. The molecule has 0 aliphatic carbocycles. The molecule has 0 atom stereocenters. The van der Waals surface area contributed by atoms with E-state index in [1.165, 1.54) is 13.1 Å². The number of carbonyl (C=O) groups is 1. The topological polar surface area (TPSA) is 169 Å². The molecule has 0 aliphatic heterocycles. The van der Waals surface area contributed by atoms with E-state index in [-0.39, 0.29) is 44.7 Å². The van der Waals surface area contributed by atoms with Crippen LogP contribution in [0.15, 0.2) is 27.7 Å². The molecule has 31 heavy (non-hydrogen) atoms. The Morgan fingerprint density at radius 2 is 2.03 bits per heavy atom. The van der Waals surface area contributed by atoms with Gasteiger partial charge in [-0.15, -0.1) is 0 Å². The van der Waals surface area contributed by atoms with Crippen LogP contribution in [0, 0.1) is 34.3 Å². The summed E-state index contributed by atoms with van der Waals surface area (Å²) < 4.78 is 31.9. The van der Waals surface area contributed by atoms with Crippen LogP contribution in [0.2, 0.25) is 0 Å². The summed E-state index contributed by atoms with van der Waals surface area (Å²) in [7, 11) is 1.38. The number of amides is 1. The van der Waals surface area contributed by atoms with E-state index in [2.05, 4.69) is 20.1 Å². The molecule has 0 bridgehead atoms. The van der Waals surface area contributed by atoms with Gasteiger partial charge >= 0.3 is 0 Å². The average Bonchev–Trinajstić information content (AvgIpc) is 3.06. The predicted molar refractivity (Wildman–Crippen MR) is 99.9 cm³/mol. The van der Waals surface area contributed by atoms with Gasteiger partial charge in [0.25, 0.3) is 5.69 Å². The van der Waals surface area contributed by atoms with E-state index in [4.69, 9.17) is 5.73 Å². The Hall–Kier alpha value is -4.23. The van der Waals surface area contributed by atoms with Gasteiger partial charge in [-0.05, 0) is 12.1 Å². The van der Waals surface area contributed by atoms with E-state index in [0.29, 0.717) is 0 Å². The first kappa shape index (κ1) is 21.5. The number of thioether (sulfide) groups is 1. The number of benzene rings is 1. The van der Waals surface area contributed by atoms with Crippen molar-refractivity contribution in [3.8, 4) is 29.3 Å². The van der Waals surface area contributed by atoms with Crippen molar-refractivity contribution < 1.29 is 27.9 Å². The van der Waals surface area contributed by atoms with Gasteiger partial charge in [0.1, 0.15) is 28.5 Å². The summed E-state index contributed by atoms with van der Waals surface area (Å²) in [5, 5.41) is 37.0. The number of pyridine rings is 1. The Morgan fingerprint density at radius 1 is 1.32 bits per heavy atom. The Bertz CT molecular complexity index is 1260. The van der Waals surface area contributed by atoms with Crippen molar-refractivity contribution >= 4 is 29.2 Å². The number of anilines is 2. The van der Waals surface area contributed by atoms with Crippen LogP contribution in [0.4, 0.5) is 20.3 Å². The number of hydrogen-bond acceptors (Lipinski definition) is 9. The number of aryl methyl sites for hydroxylation is 1. The molecule has 1 aromatic carbocycles.